The first-order valence-corrected chi connectivity index (χ1v) is 11.0. The van der Waals surface area contributed by atoms with Gasteiger partial charge in [0.2, 0.25) is 0 Å². The number of carbonyl (C=O) groups excluding carboxylic acids is 1. The molecule has 1 aliphatic rings. The molecule has 9 nitrogen and oxygen atoms in total. The minimum absolute atomic E-state index is 0.0609. The topological polar surface area (TPSA) is 123 Å². The molecule has 3 aromatic rings. The van der Waals surface area contributed by atoms with Crippen LogP contribution in [0.3, 0.4) is 0 Å². The zero-order valence-electron chi connectivity index (χ0n) is 18.0. The summed E-state index contributed by atoms with van der Waals surface area (Å²) in [5.74, 6) is -0.597. The molecule has 0 radical (unpaired) electrons. The molecular weight excluding hydrogens is 493 g/mol. The Hall–Kier alpha value is -3.52. The number of benzene rings is 1. The van der Waals surface area contributed by atoms with Crippen LogP contribution < -0.4 is 10.5 Å². The summed E-state index contributed by atoms with van der Waals surface area (Å²) in [5, 5.41) is 13.5. The fourth-order valence-corrected chi connectivity index (χ4v) is 3.80. The quantitative estimate of drug-likeness (QED) is 0.512. The van der Waals surface area contributed by atoms with Crippen LogP contribution >= 0.6 is 15.9 Å². The Labute approximate surface area is 198 Å². The zero-order valence-corrected chi connectivity index (χ0v) is 19.6. The number of rotatable bonds is 7. The fraction of sp³-hybridized carbons (Fsp3) is 0.318. The normalized spacial score (nSPS) is 13.9. The van der Waals surface area contributed by atoms with Gasteiger partial charge in [-0.2, -0.15) is 10.4 Å². The second-order valence-corrected chi connectivity index (χ2v) is 8.61. The SMILES string of the molecule is C[C@@H](Oc1nc(Br)cnc1N)c1cc(F)ccc1C(=O)N(Cc1cc(C#N)n(C)n1)C1CC1. The van der Waals surface area contributed by atoms with Crippen molar-refractivity contribution < 1.29 is 13.9 Å². The molecule has 33 heavy (non-hydrogen) atoms. The summed E-state index contributed by atoms with van der Waals surface area (Å²) in [6, 6.07) is 7.77. The van der Waals surface area contributed by atoms with E-state index in [1.807, 2.05) is 0 Å². The van der Waals surface area contributed by atoms with Gasteiger partial charge in [0.15, 0.2) is 5.82 Å². The van der Waals surface area contributed by atoms with Gasteiger partial charge in [-0.25, -0.2) is 14.4 Å². The molecule has 1 aliphatic carbocycles. The molecule has 0 saturated heterocycles. The van der Waals surface area contributed by atoms with Crippen LogP contribution in [-0.2, 0) is 13.6 Å². The van der Waals surface area contributed by atoms with E-state index in [1.54, 1.807) is 24.9 Å². The van der Waals surface area contributed by atoms with Gasteiger partial charge in [0, 0.05) is 24.2 Å². The second kappa shape index (κ2) is 9.15. The predicted molar refractivity (Wildman–Crippen MR) is 120 cm³/mol. The molecule has 2 N–H and O–H groups in total. The van der Waals surface area contributed by atoms with Gasteiger partial charge in [-0.05, 0) is 60.0 Å². The molecule has 0 aliphatic heterocycles. The minimum atomic E-state index is -0.730. The second-order valence-electron chi connectivity index (χ2n) is 7.80. The van der Waals surface area contributed by atoms with E-state index in [0.29, 0.717) is 27.1 Å². The Morgan fingerprint density at radius 2 is 2.21 bits per heavy atom. The van der Waals surface area contributed by atoms with E-state index in [9.17, 15) is 14.4 Å². The average molecular weight is 514 g/mol. The maximum atomic E-state index is 14.2. The Balaban J connectivity index is 1.64. The largest absolute Gasteiger partial charge is 0.467 e. The highest BCUT2D eigenvalue weighted by Crippen LogP contribution is 2.33. The Kier molecular flexibility index (Phi) is 6.29. The molecule has 0 bridgehead atoms. The number of aromatic nitrogens is 4. The first kappa shape index (κ1) is 22.7. The molecule has 1 fully saturated rings. The lowest BCUT2D eigenvalue weighted by Crippen LogP contribution is -2.34. The smallest absolute Gasteiger partial charge is 0.258 e. The average Bonchev–Trinajstić information content (AvgIpc) is 3.56. The van der Waals surface area contributed by atoms with E-state index < -0.39 is 11.9 Å². The number of halogens is 2. The van der Waals surface area contributed by atoms with Crippen LogP contribution in [0.1, 0.15) is 53.2 Å². The number of nitrogen functional groups attached to an aromatic ring is 1. The number of ether oxygens (including phenoxy) is 1. The molecule has 4 rings (SSSR count). The van der Waals surface area contributed by atoms with Gasteiger partial charge in [0.1, 0.15) is 28.3 Å². The lowest BCUT2D eigenvalue weighted by atomic mass is 10.0. The number of carbonyl (C=O) groups is 1. The summed E-state index contributed by atoms with van der Waals surface area (Å²) < 4.78 is 21.9. The summed E-state index contributed by atoms with van der Waals surface area (Å²) in [4.78, 5) is 23.4. The number of aryl methyl sites for hydroxylation is 1. The highest BCUT2D eigenvalue weighted by molar-refractivity contribution is 9.10. The highest BCUT2D eigenvalue weighted by Gasteiger charge is 2.35. The summed E-state index contributed by atoms with van der Waals surface area (Å²) in [6.45, 7) is 1.93. The van der Waals surface area contributed by atoms with Crippen LogP contribution in [0.2, 0.25) is 0 Å². The van der Waals surface area contributed by atoms with Gasteiger partial charge in [-0.1, -0.05) is 0 Å². The number of hydrogen-bond donors (Lipinski definition) is 1. The zero-order chi connectivity index (χ0) is 23.7. The maximum Gasteiger partial charge on any atom is 0.258 e. The Morgan fingerprint density at radius 3 is 2.88 bits per heavy atom. The van der Waals surface area contributed by atoms with E-state index >= 15 is 0 Å². The van der Waals surface area contributed by atoms with Crippen LogP contribution in [0.15, 0.2) is 35.1 Å². The molecule has 0 spiro atoms. The van der Waals surface area contributed by atoms with E-state index in [2.05, 4.69) is 37.1 Å². The predicted octanol–water partition coefficient (Wildman–Crippen LogP) is 3.51. The number of amides is 1. The number of anilines is 1. The van der Waals surface area contributed by atoms with Gasteiger partial charge in [0.25, 0.3) is 11.8 Å². The third kappa shape index (κ3) is 4.96. The van der Waals surface area contributed by atoms with Crippen LogP contribution in [0.4, 0.5) is 10.2 Å². The summed E-state index contributed by atoms with van der Waals surface area (Å²) in [5.41, 5.74) is 7.55. The van der Waals surface area contributed by atoms with Crippen molar-refractivity contribution in [2.75, 3.05) is 5.73 Å². The molecule has 1 amide bonds. The van der Waals surface area contributed by atoms with E-state index in [4.69, 9.17) is 10.5 Å². The van der Waals surface area contributed by atoms with Crippen molar-refractivity contribution in [3.8, 4) is 11.9 Å². The van der Waals surface area contributed by atoms with Gasteiger partial charge in [0.05, 0.1) is 18.4 Å². The lowest BCUT2D eigenvalue weighted by molar-refractivity contribution is 0.0722. The molecule has 170 valence electrons. The Bertz CT molecular complexity index is 1250. The number of nitriles is 1. The first-order chi connectivity index (χ1) is 15.8. The lowest BCUT2D eigenvalue weighted by Gasteiger charge is -2.24. The van der Waals surface area contributed by atoms with Gasteiger partial charge < -0.3 is 15.4 Å². The standard InChI is InChI=1S/C22H21BrFN7O2/c1-12(33-21-20(26)27-10-19(23)28-21)18-7-13(24)3-6-17(18)22(32)31(15-4-5-15)11-14-8-16(9-25)30(2)29-14/h3,6-8,10,12,15H,4-5,11H2,1-2H3,(H2,26,27)/t12-/m1/s1. The third-order valence-electron chi connectivity index (χ3n) is 5.33. The van der Waals surface area contributed by atoms with Crippen LogP contribution in [-0.4, -0.2) is 36.6 Å². The Morgan fingerprint density at radius 1 is 1.45 bits per heavy atom. The van der Waals surface area contributed by atoms with Crippen molar-refractivity contribution in [2.24, 2.45) is 7.05 Å². The van der Waals surface area contributed by atoms with E-state index in [1.165, 1.54) is 29.1 Å². The monoisotopic (exact) mass is 513 g/mol. The number of nitrogens with two attached hydrogens (primary N) is 1. The van der Waals surface area contributed by atoms with Crippen molar-refractivity contribution >= 4 is 27.7 Å². The molecule has 1 saturated carbocycles. The van der Waals surface area contributed by atoms with Gasteiger partial charge >= 0.3 is 0 Å². The van der Waals surface area contributed by atoms with Crippen molar-refractivity contribution in [3.63, 3.8) is 0 Å². The minimum Gasteiger partial charge on any atom is -0.467 e. The van der Waals surface area contributed by atoms with Crippen molar-refractivity contribution in [1.82, 2.24) is 24.6 Å². The van der Waals surface area contributed by atoms with Crippen molar-refractivity contribution in [3.05, 3.63) is 63.4 Å². The number of nitrogens with zero attached hydrogens (tertiary/aromatic N) is 6. The molecule has 2 heterocycles. The van der Waals surface area contributed by atoms with E-state index in [-0.39, 0.29) is 30.2 Å². The third-order valence-corrected chi connectivity index (χ3v) is 5.72. The van der Waals surface area contributed by atoms with Crippen LogP contribution in [0.25, 0.3) is 0 Å². The van der Waals surface area contributed by atoms with Crippen molar-refractivity contribution in [1.29, 1.82) is 5.26 Å². The number of hydrogen-bond acceptors (Lipinski definition) is 7. The summed E-state index contributed by atoms with van der Waals surface area (Å²) in [7, 11) is 1.68. The fourth-order valence-electron chi connectivity index (χ4n) is 3.53. The summed E-state index contributed by atoms with van der Waals surface area (Å²) in [6.07, 6.45) is 2.45. The molecule has 11 heteroatoms. The molecule has 0 unspecified atom stereocenters. The molecular formula is C22H21BrFN7O2. The molecule has 1 atom stereocenters. The molecule has 1 aromatic carbocycles. The highest BCUT2D eigenvalue weighted by atomic mass is 79.9. The van der Waals surface area contributed by atoms with Gasteiger partial charge in [-0.15, -0.1) is 0 Å². The summed E-state index contributed by atoms with van der Waals surface area (Å²) >= 11 is 3.22. The van der Waals surface area contributed by atoms with Crippen LogP contribution in [0.5, 0.6) is 5.88 Å². The first-order valence-electron chi connectivity index (χ1n) is 10.2. The van der Waals surface area contributed by atoms with Crippen molar-refractivity contribution in [2.45, 2.75) is 38.5 Å². The molecule has 2 aromatic heterocycles. The van der Waals surface area contributed by atoms with E-state index in [0.717, 1.165) is 12.8 Å². The van der Waals surface area contributed by atoms with Crippen LogP contribution in [0, 0.1) is 17.1 Å². The maximum absolute atomic E-state index is 14.2. The van der Waals surface area contributed by atoms with Gasteiger partial charge in [-0.3, -0.25) is 9.48 Å².